The number of carbonyl (C=O) groups is 1. The number of nitrogens with one attached hydrogen (secondary N) is 1. The van der Waals surface area contributed by atoms with Gasteiger partial charge in [-0.15, -0.1) is 0 Å². The number of halogens is 1. The molecule has 1 amide bonds. The van der Waals surface area contributed by atoms with E-state index in [1.807, 2.05) is 13.8 Å². The molecule has 2 rings (SSSR count). The maximum Gasteiger partial charge on any atom is 0.330 e. The normalized spacial score (nSPS) is 11.1. The Morgan fingerprint density at radius 2 is 2.00 bits per heavy atom. The lowest BCUT2D eigenvalue weighted by atomic mass is 10.1. The van der Waals surface area contributed by atoms with Gasteiger partial charge in [-0.3, -0.25) is 19.1 Å². The molecule has 1 aromatic heterocycles. The third-order valence-corrected chi connectivity index (χ3v) is 4.42. The summed E-state index contributed by atoms with van der Waals surface area (Å²) in [5, 5.41) is 0. The van der Waals surface area contributed by atoms with Crippen molar-refractivity contribution in [2.45, 2.75) is 33.2 Å². The average molecular weight is 406 g/mol. The third kappa shape index (κ3) is 5.54. The molecule has 9 heteroatoms. The first-order valence-electron chi connectivity index (χ1n) is 9.41. The predicted octanol–water partition coefficient (Wildman–Crippen LogP) is 1.53. The molecule has 0 aliphatic carbocycles. The first kappa shape index (κ1) is 22.4. The van der Waals surface area contributed by atoms with Crippen LogP contribution in [0.15, 0.2) is 33.9 Å². The van der Waals surface area contributed by atoms with Crippen molar-refractivity contribution < 1.29 is 13.9 Å². The maximum absolute atomic E-state index is 13.9. The van der Waals surface area contributed by atoms with Crippen LogP contribution < -0.4 is 21.9 Å². The van der Waals surface area contributed by atoms with E-state index in [4.69, 9.17) is 10.5 Å². The lowest BCUT2D eigenvalue weighted by Gasteiger charge is -2.24. The summed E-state index contributed by atoms with van der Waals surface area (Å²) in [4.78, 5) is 41.0. The summed E-state index contributed by atoms with van der Waals surface area (Å²) in [6.07, 6.45) is 0.130. The molecule has 0 fully saturated rings. The zero-order valence-corrected chi connectivity index (χ0v) is 16.9. The Morgan fingerprint density at radius 1 is 1.31 bits per heavy atom. The highest BCUT2D eigenvalue weighted by atomic mass is 19.1. The number of benzene rings is 1. The van der Waals surface area contributed by atoms with Crippen molar-refractivity contribution in [3.8, 4) is 0 Å². The number of H-pyrrole nitrogens is 1. The van der Waals surface area contributed by atoms with E-state index >= 15 is 0 Å². The van der Waals surface area contributed by atoms with Crippen LogP contribution in [-0.2, 0) is 22.5 Å². The van der Waals surface area contributed by atoms with Gasteiger partial charge in [-0.1, -0.05) is 32.0 Å². The molecule has 0 bridgehead atoms. The van der Waals surface area contributed by atoms with Crippen molar-refractivity contribution in [1.82, 2.24) is 9.55 Å². The molecule has 0 saturated heterocycles. The van der Waals surface area contributed by atoms with E-state index in [2.05, 4.69) is 4.98 Å². The molecule has 0 unspecified atom stereocenters. The molecule has 0 atom stereocenters. The van der Waals surface area contributed by atoms with E-state index in [1.54, 1.807) is 18.2 Å². The first-order chi connectivity index (χ1) is 13.8. The zero-order valence-electron chi connectivity index (χ0n) is 16.9. The van der Waals surface area contributed by atoms with Crippen molar-refractivity contribution in [3.05, 3.63) is 56.5 Å². The molecule has 3 N–H and O–H groups in total. The smallest absolute Gasteiger partial charge is 0.330 e. The standard InChI is InChI=1S/C20H27FN4O4/c1-13(2)12-25-18(22)17(19(27)23-20(25)28)24(10-11-29-3)16(26)9-8-14-6-4-5-7-15(14)21/h4-7,13H,8-12,22H2,1-3H3,(H,23,27,28). The third-order valence-electron chi connectivity index (χ3n) is 4.42. The summed E-state index contributed by atoms with van der Waals surface area (Å²) < 4.78 is 20.1. The monoisotopic (exact) mass is 406 g/mol. The summed E-state index contributed by atoms with van der Waals surface area (Å²) in [6, 6.07) is 6.19. The van der Waals surface area contributed by atoms with Gasteiger partial charge in [0, 0.05) is 26.6 Å². The van der Waals surface area contributed by atoms with Gasteiger partial charge in [0.15, 0.2) is 5.69 Å². The number of hydrogen-bond donors (Lipinski definition) is 2. The minimum Gasteiger partial charge on any atom is -0.383 e. The van der Waals surface area contributed by atoms with Crippen LogP contribution in [-0.4, -0.2) is 35.7 Å². The van der Waals surface area contributed by atoms with Gasteiger partial charge < -0.3 is 15.4 Å². The molecule has 2 aromatic rings. The molecule has 8 nitrogen and oxygen atoms in total. The van der Waals surface area contributed by atoms with Gasteiger partial charge >= 0.3 is 5.69 Å². The summed E-state index contributed by atoms with van der Waals surface area (Å²) in [6.45, 7) is 4.32. The van der Waals surface area contributed by atoms with Crippen LogP contribution in [0.5, 0.6) is 0 Å². The second-order valence-corrected chi connectivity index (χ2v) is 7.13. The minimum absolute atomic E-state index is 0.0349. The molecule has 1 heterocycles. The van der Waals surface area contributed by atoms with Gasteiger partial charge in [-0.2, -0.15) is 0 Å². The van der Waals surface area contributed by atoms with Crippen LogP contribution in [0, 0.1) is 11.7 Å². The summed E-state index contributed by atoms with van der Waals surface area (Å²) >= 11 is 0. The molecule has 1 aromatic carbocycles. The van der Waals surface area contributed by atoms with Crippen LogP contribution in [0.3, 0.4) is 0 Å². The lowest BCUT2D eigenvalue weighted by Crippen LogP contribution is -2.43. The number of nitrogen functional groups attached to an aromatic ring is 1. The quantitative estimate of drug-likeness (QED) is 0.656. The number of hydrogen-bond acceptors (Lipinski definition) is 5. The maximum atomic E-state index is 13.9. The second kappa shape index (κ2) is 10.0. The number of aromatic nitrogens is 2. The van der Waals surface area contributed by atoms with Crippen molar-refractivity contribution in [2.24, 2.45) is 5.92 Å². The fraction of sp³-hybridized carbons (Fsp3) is 0.450. The van der Waals surface area contributed by atoms with Gasteiger partial charge in [0.25, 0.3) is 5.56 Å². The lowest BCUT2D eigenvalue weighted by molar-refractivity contribution is -0.118. The molecule has 29 heavy (non-hydrogen) atoms. The molecule has 0 spiro atoms. The fourth-order valence-corrected chi connectivity index (χ4v) is 3.01. The topological polar surface area (TPSA) is 110 Å². The Hall–Kier alpha value is -2.94. The predicted molar refractivity (Wildman–Crippen MR) is 110 cm³/mol. The Bertz CT molecular complexity index is 968. The summed E-state index contributed by atoms with van der Waals surface area (Å²) in [5.41, 5.74) is 5.05. The summed E-state index contributed by atoms with van der Waals surface area (Å²) in [7, 11) is 1.47. The summed E-state index contributed by atoms with van der Waals surface area (Å²) in [5.74, 6) is -0.801. The Morgan fingerprint density at radius 3 is 2.62 bits per heavy atom. The minimum atomic E-state index is -0.747. The van der Waals surface area contributed by atoms with Crippen LogP contribution in [0.1, 0.15) is 25.8 Å². The number of amides is 1. The van der Waals surface area contributed by atoms with E-state index in [9.17, 15) is 18.8 Å². The van der Waals surface area contributed by atoms with Crippen LogP contribution in [0.2, 0.25) is 0 Å². The first-order valence-corrected chi connectivity index (χ1v) is 9.41. The van der Waals surface area contributed by atoms with E-state index in [-0.39, 0.29) is 50.0 Å². The Kier molecular flexibility index (Phi) is 7.72. The van der Waals surface area contributed by atoms with Crippen LogP contribution in [0.4, 0.5) is 15.9 Å². The van der Waals surface area contributed by atoms with Crippen LogP contribution in [0.25, 0.3) is 0 Å². The number of methoxy groups -OCH3 is 1. The van der Waals surface area contributed by atoms with E-state index in [0.717, 1.165) is 0 Å². The molecular formula is C20H27FN4O4. The van der Waals surface area contributed by atoms with Crippen LogP contribution >= 0.6 is 0 Å². The zero-order chi connectivity index (χ0) is 21.6. The largest absolute Gasteiger partial charge is 0.383 e. The van der Waals surface area contributed by atoms with Gasteiger partial charge in [-0.05, 0) is 24.0 Å². The number of aromatic amines is 1. The number of nitrogens with two attached hydrogens (primary N) is 1. The number of rotatable bonds is 9. The molecule has 0 aliphatic rings. The number of anilines is 2. The average Bonchev–Trinajstić information content (AvgIpc) is 2.66. The van der Waals surface area contributed by atoms with Crippen molar-refractivity contribution in [1.29, 1.82) is 0 Å². The highest BCUT2D eigenvalue weighted by molar-refractivity contribution is 5.95. The fourth-order valence-electron chi connectivity index (χ4n) is 3.01. The molecule has 158 valence electrons. The Balaban J connectivity index is 2.38. The Labute approximate surface area is 168 Å². The molecule has 0 saturated carbocycles. The van der Waals surface area contributed by atoms with Gasteiger partial charge in [-0.25, -0.2) is 9.18 Å². The van der Waals surface area contributed by atoms with Crippen molar-refractivity contribution >= 4 is 17.4 Å². The van der Waals surface area contributed by atoms with E-state index in [0.29, 0.717) is 5.56 Å². The SMILES string of the molecule is COCCN(C(=O)CCc1ccccc1F)c1c(N)n(CC(C)C)c(=O)[nH]c1=O. The van der Waals surface area contributed by atoms with E-state index < -0.39 is 23.0 Å². The van der Waals surface area contributed by atoms with Crippen molar-refractivity contribution in [2.75, 3.05) is 30.9 Å². The van der Waals surface area contributed by atoms with Gasteiger partial charge in [0.1, 0.15) is 11.6 Å². The number of carbonyl (C=O) groups excluding carboxylic acids is 1. The van der Waals surface area contributed by atoms with E-state index in [1.165, 1.54) is 22.6 Å². The highest BCUT2D eigenvalue weighted by Gasteiger charge is 2.24. The molecule has 0 radical (unpaired) electrons. The molecular weight excluding hydrogens is 379 g/mol. The number of aryl methyl sites for hydroxylation is 1. The van der Waals surface area contributed by atoms with Gasteiger partial charge in [0.2, 0.25) is 5.91 Å². The van der Waals surface area contributed by atoms with Crippen molar-refractivity contribution in [3.63, 3.8) is 0 Å². The number of ether oxygens (including phenoxy) is 1. The molecule has 0 aliphatic heterocycles. The second-order valence-electron chi connectivity index (χ2n) is 7.13. The highest BCUT2D eigenvalue weighted by Crippen LogP contribution is 2.19. The van der Waals surface area contributed by atoms with Gasteiger partial charge in [0.05, 0.1) is 6.61 Å². The number of nitrogens with zero attached hydrogens (tertiary/aromatic N) is 2.